The molecule has 0 aliphatic heterocycles. The molecule has 0 radical (unpaired) electrons. The fourth-order valence-corrected chi connectivity index (χ4v) is 1.57. The first kappa shape index (κ1) is 12.6. The fourth-order valence-electron chi connectivity index (χ4n) is 1.57. The van der Waals surface area contributed by atoms with Crippen molar-refractivity contribution in [2.75, 3.05) is 0 Å². The van der Waals surface area contributed by atoms with Crippen LogP contribution in [0.25, 0.3) is 0 Å². The first-order valence-electron chi connectivity index (χ1n) is 5.73. The average Bonchev–Trinajstić information content (AvgIpc) is 2.28. The molecule has 0 atom stereocenters. The van der Waals surface area contributed by atoms with Crippen molar-refractivity contribution in [3.05, 3.63) is 35.9 Å². The molecule has 0 amide bonds. The molecule has 16 heavy (non-hydrogen) atoms. The summed E-state index contributed by atoms with van der Waals surface area (Å²) in [7, 11) is 0. The average molecular weight is 218 g/mol. The van der Waals surface area contributed by atoms with Crippen molar-refractivity contribution in [2.24, 2.45) is 0 Å². The number of Topliss-reactive ketones (excluding diaryl/α,β-unsaturated/α-hetero) is 2. The van der Waals surface area contributed by atoms with Crippen LogP contribution in [0.1, 0.15) is 38.2 Å². The number of carbonyl (C=O) groups is 2. The van der Waals surface area contributed by atoms with Crippen molar-refractivity contribution in [1.82, 2.24) is 0 Å². The first-order chi connectivity index (χ1) is 7.68. The van der Waals surface area contributed by atoms with E-state index < -0.39 is 0 Å². The second kappa shape index (κ2) is 6.94. The van der Waals surface area contributed by atoms with Crippen LogP contribution in [0.2, 0.25) is 0 Å². The molecule has 2 nitrogen and oxygen atoms in total. The van der Waals surface area contributed by atoms with Gasteiger partial charge in [0.2, 0.25) is 0 Å². The second-order valence-electron chi connectivity index (χ2n) is 4.08. The Labute approximate surface area is 96.7 Å². The van der Waals surface area contributed by atoms with Crippen molar-refractivity contribution in [1.29, 1.82) is 0 Å². The van der Waals surface area contributed by atoms with E-state index in [1.54, 1.807) is 0 Å². The van der Waals surface area contributed by atoms with E-state index >= 15 is 0 Å². The Balaban J connectivity index is 2.16. The Bertz CT molecular complexity index is 341. The highest BCUT2D eigenvalue weighted by molar-refractivity contribution is 5.84. The van der Waals surface area contributed by atoms with Crippen LogP contribution >= 0.6 is 0 Å². The summed E-state index contributed by atoms with van der Waals surface area (Å²) in [5.41, 5.74) is 1.27. The van der Waals surface area contributed by atoms with Crippen LogP contribution in [0, 0.1) is 0 Å². The molecule has 0 N–H and O–H groups in total. The van der Waals surface area contributed by atoms with Gasteiger partial charge in [0.05, 0.1) is 0 Å². The Morgan fingerprint density at radius 2 is 1.69 bits per heavy atom. The summed E-state index contributed by atoms with van der Waals surface area (Å²) in [6.07, 6.45) is 3.20. The summed E-state index contributed by atoms with van der Waals surface area (Å²) in [5.74, 6) is 0.294. The van der Waals surface area contributed by atoms with E-state index in [0.717, 1.165) is 12.8 Å². The van der Waals surface area contributed by atoms with Crippen LogP contribution in [-0.2, 0) is 16.0 Å². The molecule has 0 spiro atoms. The minimum Gasteiger partial charge on any atom is -0.300 e. The Hall–Kier alpha value is -1.44. The van der Waals surface area contributed by atoms with E-state index in [0.29, 0.717) is 19.3 Å². The van der Waals surface area contributed by atoms with Crippen LogP contribution < -0.4 is 0 Å². The highest BCUT2D eigenvalue weighted by atomic mass is 16.1. The van der Waals surface area contributed by atoms with Gasteiger partial charge >= 0.3 is 0 Å². The van der Waals surface area contributed by atoms with Gasteiger partial charge in [0.25, 0.3) is 0 Å². The van der Waals surface area contributed by atoms with Crippen LogP contribution in [-0.4, -0.2) is 11.6 Å². The number of hydrogen-bond donors (Lipinski definition) is 0. The molecule has 0 fully saturated rings. The minimum atomic E-state index is 0.0939. The van der Waals surface area contributed by atoms with E-state index in [9.17, 15) is 9.59 Å². The molecule has 1 aromatic carbocycles. The summed E-state index contributed by atoms with van der Waals surface area (Å²) in [6.45, 7) is 1.53. The van der Waals surface area contributed by atoms with E-state index in [-0.39, 0.29) is 11.6 Å². The van der Waals surface area contributed by atoms with E-state index in [4.69, 9.17) is 0 Å². The van der Waals surface area contributed by atoms with E-state index in [1.807, 2.05) is 18.2 Å². The van der Waals surface area contributed by atoms with Gasteiger partial charge in [0.15, 0.2) is 0 Å². The van der Waals surface area contributed by atoms with Gasteiger partial charge in [-0.15, -0.1) is 0 Å². The highest BCUT2D eigenvalue weighted by Gasteiger charge is 2.03. The maximum absolute atomic E-state index is 11.4. The van der Waals surface area contributed by atoms with Gasteiger partial charge < -0.3 is 4.79 Å². The van der Waals surface area contributed by atoms with Gasteiger partial charge in [-0.1, -0.05) is 30.3 Å². The monoisotopic (exact) mass is 218 g/mol. The lowest BCUT2D eigenvalue weighted by atomic mass is 10.0. The normalized spacial score (nSPS) is 10.1. The summed E-state index contributed by atoms with van der Waals surface area (Å²) >= 11 is 0. The van der Waals surface area contributed by atoms with Gasteiger partial charge in [0, 0.05) is 19.3 Å². The quantitative estimate of drug-likeness (QED) is 0.705. The van der Waals surface area contributed by atoms with Crippen molar-refractivity contribution < 1.29 is 9.59 Å². The molecule has 0 aromatic heterocycles. The number of benzene rings is 1. The zero-order chi connectivity index (χ0) is 11.8. The maximum atomic E-state index is 11.4. The lowest BCUT2D eigenvalue weighted by molar-refractivity contribution is -0.123. The molecular weight excluding hydrogens is 200 g/mol. The Morgan fingerprint density at radius 3 is 2.31 bits per heavy atom. The fraction of sp³-hybridized carbons (Fsp3) is 0.429. The molecule has 1 aromatic rings. The number of rotatable bonds is 7. The molecule has 0 saturated heterocycles. The van der Waals surface area contributed by atoms with Gasteiger partial charge in [-0.3, -0.25) is 4.79 Å². The minimum absolute atomic E-state index is 0.0939. The van der Waals surface area contributed by atoms with Gasteiger partial charge in [0.1, 0.15) is 11.6 Å². The smallest absolute Gasteiger partial charge is 0.133 e. The van der Waals surface area contributed by atoms with Gasteiger partial charge in [-0.2, -0.15) is 0 Å². The molecule has 0 saturated carbocycles. The SMILES string of the molecule is CC(=O)CCC(=O)CCCc1ccccc1. The maximum Gasteiger partial charge on any atom is 0.133 e. The third-order valence-corrected chi connectivity index (χ3v) is 2.52. The lowest BCUT2D eigenvalue weighted by Gasteiger charge is -2.00. The molecule has 0 bridgehead atoms. The molecular formula is C14H18O2. The second-order valence-corrected chi connectivity index (χ2v) is 4.08. The number of aryl methyl sites for hydroxylation is 1. The molecule has 0 aliphatic rings. The van der Waals surface area contributed by atoms with Crippen LogP contribution in [0.15, 0.2) is 30.3 Å². The molecule has 86 valence electrons. The molecule has 1 rings (SSSR count). The summed E-state index contributed by atoms with van der Waals surface area (Å²) in [5, 5.41) is 0. The summed E-state index contributed by atoms with van der Waals surface area (Å²) in [6, 6.07) is 10.1. The molecule has 0 aliphatic carbocycles. The molecule has 0 unspecified atom stereocenters. The largest absolute Gasteiger partial charge is 0.300 e. The molecule has 2 heteroatoms. The number of carbonyl (C=O) groups excluding carboxylic acids is 2. The third kappa shape index (κ3) is 5.44. The van der Waals surface area contributed by atoms with Crippen molar-refractivity contribution in [2.45, 2.75) is 39.0 Å². The zero-order valence-corrected chi connectivity index (χ0v) is 9.74. The number of ketones is 2. The topological polar surface area (TPSA) is 34.1 Å². The van der Waals surface area contributed by atoms with Crippen LogP contribution in [0.5, 0.6) is 0 Å². The number of hydrogen-bond acceptors (Lipinski definition) is 2. The van der Waals surface area contributed by atoms with Crippen molar-refractivity contribution >= 4 is 11.6 Å². The first-order valence-corrected chi connectivity index (χ1v) is 5.73. The third-order valence-electron chi connectivity index (χ3n) is 2.52. The van der Waals surface area contributed by atoms with Crippen molar-refractivity contribution in [3.63, 3.8) is 0 Å². The van der Waals surface area contributed by atoms with Crippen LogP contribution in [0.4, 0.5) is 0 Å². The van der Waals surface area contributed by atoms with Gasteiger partial charge in [-0.25, -0.2) is 0 Å². The van der Waals surface area contributed by atoms with E-state index in [2.05, 4.69) is 12.1 Å². The zero-order valence-electron chi connectivity index (χ0n) is 9.74. The summed E-state index contributed by atoms with van der Waals surface area (Å²) in [4.78, 5) is 22.1. The predicted octanol–water partition coefficient (Wildman–Crippen LogP) is 2.95. The van der Waals surface area contributed by atoms with Crippen molar-refractivity contribution in [3.8, 4) is 0 Å². The van der Waals surface area contributed by atoms with Crippen LogP contribution in [0.3, 0.4) is 0 Å². The molecule has 0 heterocycles. The standard InChI is InChI=1S/C14H18O2/c1-12(15)10-11-14(16)9-5-8-13-6-3-2-4-7-13/h2-4,6-7H,5,8-11H2,1H3. The Kier molecular flexibility index (Phi) is 5.48. The highest BCUT2D eigenvalue weighted by Crippen LogP contribution is 2.06. The Morgan fingerprint density at radius 1 is 1.00 bits per heavy atom. The van der Waals surface area contributed by atoms with Gasteiger partial charge in [-0.05, 0) is 25.3 Å². The van der Waals surface area contributed by atoms with E-state index in [1.165, 1.54) is 12.5 Å². The summed E-state index contributed by atoms with van der Waals surface area (Å²) < 4.78 is 0. The lowest BCUT2D eigenvalue weighted by Crippen LogP contribution is -2.02. The predicted molar refractivity (Wildman–Crippen MR) is 64.3 cm³/mol.